The Morgan fingerprint density at radius 2 is 2.04 bits per heavy atom. The Morgan fingerprint density at radius 1 is 1.29 bits per heavy atom. The number of carbonyl (C=O) groups excluding carboxylic acids is 1. The summed E-state index contributed by atoms with van der Waals surface area (Å²) >= 11 is 0. The van der Waals surface area contributed by atoms with Crippen LogP contribution in [0.4, 0.5) is 0 Å². The molecule has 130 valence electrons. The van der Waals surface area contributed by atoms with Gasteiger partial charge in [-0.25, -0.2) is 9.89 Å². The van der Waals surface area contributed by atoms with Crippen LogP contribution in [-0.4, -0.2) is 31.3 Å². The number of amides is 1. The van der Waals surface area contributed by atoms with Crippen molar-refractivity contribution in [3.8, 4) is 0 Å². The van der Waals surface area contributed by atoms with Gasteiger partial charge in [-0.05, 0) is 37.8 Å². The molecule has 2 heterocycles. The maximum absolute atomic E-state index is 12.6. The van der Waals surface area contributed by atoms with Crippen LogP contribution in [-0.2, 0) is 20.5 Å². The zero-order valence-electron chi connectivity index (χ0n) is 14.5. The highest BCUT2D eigenvalue weighted by Gasteiger charge is 2.29. The van der Waals surface area contributed by atoms with Crippen LogP contribution in [0.3, 0.4) is 0 Å². The van der Waals surface area contributed by atoms with Crippen molar-refractivity contribution in [3.05, 3.63) is 39.8 Å². The third-order valence-electron chi connectivity index (χ3n) is 5.25. The van der Waals surface area contributed by atoms with Gasteiger partial charge in [-0.2, -0.15) is 5.10 Å². The van der Waals surface area contributed by atoms with E-state index in [1.165, 1.54) is 0 Å². The highest BCUT2D eigenvalue weighted by Crippen LogP contribution is 2.27. The molecular formula is C17H25N5O2. The second-order valence-corrected chi connectivity index (χ2v) is 6.75. The molecule has 0 bridgehead atoms. The summed E-state index contributed by atoms with van der Waals surface area (Å²) in [5.74, 6) is 1.03. The number of nitrogens with zero attached hydrogens (tertiary/aromatic N) is 3. The van der Waals surface area contributed by atoms with Crippen molar-refractivity contribution in [3.63, 3.8) is 0 Å². The highest BCUT2D eigenvalue weighted by molar-refractivity contribution is 5.93. The van der Waals surface area contributed by atoms with Crippen molar-refractivity contribution < 1.29 is 4.79 Å². The lowest BCUT2D eigenvalue weighted by Gasteiger charge is -2.32. The average molecular weight is 331 g/mol. The second kappa shape index (κ2) is 6.67. The molecule has 1 saturated carbocycles. The summed E-state index contributed by atoms with van der Waals surface area (Å²) in [7, 11) is 3.63. The molecule has 0 radical (unpaired) electrons. The van der Waals surface area contributed by atoms with Crippen molar-refractivity contribution >= 4 is 5.91 Å². The normalized spacial score (nSPS) is 21.0. The van der Waals surface area contributed by atoms with Gasteiger partial charge in [-0.1, -0.05) is 12.8 Å². The number of hydrogen-bond acceptors (Lipinski definition) is 3. The largest absolute Gasteiger partial charge is 0.348 e. The third kappa shape index (κ3) is 3.16. The Kier molecular flexibility index (Phi) is 4.59. The van der Waals surface area contributed by atoms with Gasteiger partial charge in [-0.15, -0.1) is 0 Å². The van der Waals surface area contributed by atoms with Crippen LogP contribution in [0.2, 0.25) is 0 Å². The quantitative estimate of drug-likeness (QED) is 0.885. The van der Waals surface area contributed by atoms with Gasteiger partial charge in [0.05, 0.1) is 0 Å². The molecule has 0 spiro atoms. The predicted octanol–water partition coefficient (Wildman–Crippen LogP) is 1.29. The van der Waals surface area contributed by atoms with Gasteiger partial charge >= 0.3 is 5.69 Å². The van der Waals surface area contributed by atoms with Crippen molar-refractivity contribution in [1.29, 1.82) is 0 Å². The molecule has 0 saturated heterocycles. The average Bonchev–Trinajstić information content (AvgIpc) is 3.06. The first-order chi connectivity index (χ1) is 11.5. The lowest BCUT2D eigenvalue weighted by molar-refractivity contribution is 0.0896. The molecule has 2 aromatic heterocycles. The maximum atomic E-state index is 12.6. The minimum Gasteiger partial charge on any atom is -0.348 e. The van der Waals surface area contributed by atoms with E-state index in [0.29, 0.717) is 18.0 Å². The molecule has 0 unspecified atom stereocenters. The van der Waals surface area contributed by atoms with Gasteiger partial charge in [0.1, 0.15) is 11.5 Å². The Balaban J connectivity index is 1.72. The van der Waals surface area contributed by atoms with E-state index in [1.807, 2.05) is 30.7 Å². The minimum atomic E-state index is -0.194. The Bertz CT molecular complexity index is 785. The first-order valence-electron chi connectivity index (χ1n) is 8.51. The molecular weight excluding hydrogens is 306 g/mol. The molecule has 0 aromatic carbocycles. The van der Waals surface area contributed by atoms with E-state index >= 15 is 0 Å². The summed E-state index contributed by atoms with van der Waals surface area (Å²) in [6.45, 7) is 1.98. The van der Waals surface area contributed by atoms with E-state index in [-0.39, 0.29) is 17.6 Å². The van der Waals surface area contributed by atoms with Crippen LogP contribution < -0.4 is 11.0 Å². The van der Waals surface area contributed by atoms with E-state index in [1.54, 1.807) is 11.6 Å². The zero-order valence-corrected chi connectivity index (χ0v) is 14.5. The van der Waals surface area contributed by atoms with Crippen LogP contribution in [0, 0.1) is 12.8 Å². The van der Waals surface area contributed by atoms with E-state index in [4.69, 9.17) is 0 Å². The van der Waals surface area contributed by atoms with Crippen molar-refractivity contribution in [1.82, 2.24) is 24.6 Å². The molecule has 0 aliphatic heterocycles. The summed E-state index contributed by atoms with van der Waals surface area (Å²) < 4.78 is 3.46. The monoisotopic (exact) mass is 331 g/mol. The summed E-state index contributed by atoms with van der Waals surface area (Å²) in [4.78, 5) is 24.1. The highest BCUT2D eigenvalue weighted by atomic mass is 16.2. The number of H-pyrrole nitrogens is 1. The molecule has 2 N–H and O–H groups in total. The maximum Gasteiger partial charge on any atom is 0.343 e. The molecule has 1 aliphatic carbocycles. The predicted molar refractivity (Wildman–Crippen MR) is 90.9 cm³/mol. The standard InChI is InChI=1S/C17H25N5O2/c1-11-8-9-14(21(11)2)16(23)18-13-7-5-4-6-12(13)10-15-19-20-17(24)22(15)3/h8-9,12-13H,4-7,10H2,1-3H3,(H,18,23)(H,20,24)/t12-,13-/m1/s1. The summed E-state index contributed by atoms with van der Waals surface area (Å²) in [5.41, 5.74) is 1.55. The fourth-order valence-corrected chi connectivity index (χ4v) is 3.52. The van der Waals surface area contributed by atoms with Crippen molar-refractivity contribution in [2.24, 2.45) is 20.0 Å². The Labute approximate surface area is 141 Å². The van der Waals surface area contributed by atoms with E-state index in [2.05, 4.69) is 15.5 Å². The van der Waals surface area contributed by atoms with E-state index < -0.39 is 0 Å². The topological polar surface area (TPSA) is 84.7 Å². The van der Waals surface area contributed by atoms with Gasteiger partial charge in [0.2, 0.25) is 0 Å². The number of hydrogen-bond donors (Lipinski definition) is 2. The van der Waals surface area contributed by atoms with E-state index in [0.717, 1.165) is 37.2 Å². The molecule has 7 nitrogen and oxygen atoms in total. The zero-order chi connectivity index (χ0) is 17.3. The third-order valence-corrected chi connectivity index (χ3v) is 5.25. The van der Waals surface area contributed by atoms with Crippen molar-refractivity contribution in [2.75, 3.05) is 0 Å². The van der Waals surface area contributed by atoms with Gasteiger partial charge in [-0.3, -0.25) is 9.36 Å². The fourth-order valence-electron chi connectivity index (χ4n) is 3.52. The molecule has 1 fully saturated rings. The van der Waals surface area contributed by atoms with Gasteiger partial charge in [0.15, 0.2) is 0 Å². The number of rotatable bonds is 4. The fraction of sp³-hybridized carbons (Fsp3) is 0.588. The Hall–Kier alpha value is -2.31. The molecule has 1 aliphatic rings. The van der Waals surface area contributed by atoms with Crippen molar-refractivity contribution in [2.45, 2.75) is 45.1 Å². The summed E-state index contributed by atoms with van der Waals surface area (Å²) in [6.07, 6.45) is 4.98. The summed E-state index contributed by atoms with van der Waals surface area (Å²) in [6, 6.07) is 3.93. The lowest BCUT2D eigenvalue weighted by Crippen LogP contribution is -2.43. The molecule has 2 aromatic rings. The number of nitrogens with one attached hydrogen (secondary N) is 2. The number of aromatic nitrogens is 4. The number of carbonyl (C=O) groups is 1. The second-order valence-electron chi connectivity index (χ2n) is 6.75. The molecule has 24 heavy (non-hydrogen) atoms. The van der Waals surface area contributed by atoms with Crippen LogP contribution in [0.15, 0.2) is 16.9 Å². The van der Waals surface area contributed by atoms with Crippen LogP contribution in [0.5, 0.6) is 0 Å². The van der Waals surface area contributed by atoms with E-state index in [9.17, 15) is 9.59 Å². The van der Waals surface area contributed by atoms with Gasteiger partial charge < -0.3 is 9.88 Å². The number of aromatic amines is 1. The Morgan fingerprint density at radius 3 is 2.67 bits per heavy atom. The molecule has 3 rings (SSSR count). The molecule has 2 atom stereocenters. The first kappa shape index (κ1) is 16.5. The lowest BCUT2D eigenvalue weighted by atomic mass is 9.82. The van der Waals surface area contributed by atoms with Crippen LogP contribution in [0.1, 0.15) is 47.7 Å². The molecule has 7 heteroatoms. The smallest absolute Gasteiger partial charge is 0.343 e. The SMILES string of the molecule is Cc1ccc(C(=O)N[C@@H]2CCCC[C@@H]2Cc2n[nH]c(=O)n2C)n1C. The van der Waals surface area contributed by atoms with Crippen LogP contribution >= 0.6 is 0 Å². The van der Waals surface area contributed by atoms with Crippen LogP contribution in [0.25, 0.3) is 0 Å². The van der Waals surface area contributed by atoms with Gasteiger partial charge in [0.25, 0.3) is 5.91 Å². The first-order valence-corrected chi connectivity index (χ1v) is 8.51. The molecule has 1 amide bonds. The minimum absolute atomic E-state index is 0.0292. The number of aryl methyl sites for hydroxylation is 1. The summed E-state index contributed by atoms with van der Waals surface area (Å²) in [5, 5.41) is 9.79. The van der Waals surface area contributed by atoms with Gasteiger partial charge in [0, 0.05) is 32.3 Å².